The highest BCUT2D eigenvalue weighted by molar-refractivity contribution is 5.90. The Kier molecular flexibility index (Phi) is 7.74. The van der Waals surface area contributed by atoms with Crippen molar-refractivity contribution < 1.29 is 14.3 Å². The zero-order valence-electron chi connectivity index (χ0n) is 10.9. The van der Waals surface area contributed by atoms with Gasteiger partial charge in [-0.3, -0.25) is 0 Å². The van der Waals surface area contributed by atoms with E-state index in [1.165, 1.54) is 0 Å². The molecule has 100 valence electrons. The van der Waals surface area contributed by atoms with Gasteiger partial charge >= 0.3 is 11.9 Å². The number of carbonyl (C=O) groups excluding carboxylic acids is 2. The van der Waals surface area contributed by atoms with Crippen LogP contribution in [0.15, 0.2) is 0 Å². The minimum atomic E-state index is -0.752. The van der Waals surface area contributed by atoms with Crippen LogP contribution in [0.4, 0.5) is 0 Å². The van der Waals surface area contributed by atoms with E-state index in [1.54, 1.807) is 0 Å². The Hall–Kier alpha value is -0.940. The highest BCUT2D eigenvalue weighted by atomic mass is 16.6. The molecule has 0 aliphatic carbocycles. The molecule has 0 aromatic rings. The second kappa shape index (κ2) is 8.20. The Morgan fingerprint density at radius 1 is 1.12 bits per heavy atom. The Balaban J connectivity index is 4.06. The van der Waals surface area contributed by atoms with Crippen LogP contribution in [0.5, 0.6) is 0 Å². The number of esters is 2. The summed E-state index contributed by atoms with van der Waals surface area (Å²) in [7, 11) is 0. The van der Waals surface area contributed by atoms with Crippen molar-refractivity contribution in [2.45, 2.75) is 58.5 Å². The number of hydrogen-bond acceptors (Lipinski definition) is 5. The normalized spacial score (nSPS) is 14.5. The molecule has 0 aromatic heterocycles. The summed E-state index contributed by atoms with van der Waals surface area (Å²) in [6, 6.07) is -1.48. The Bertz CT molecular complexity index is 254. The molecule has 0 aromatic carbocycles. The number of rotatable bonds is 7. The minimum Gasteiger partial charge on any atom is -0.391 e. The molecule has 2 atom stereocenters. The second-order valence-corrected chi connectivity index (χ2v) is 4.72. The lowest BCUT2D eigenvalue weighted by atomic mass is 10.0. The van der Waals surface area contributed by atoms with Crippen LogP contribution in [0, 0.1) is 5.92 Å². The van der Waals surface area contributed by atoms with Gasteiger partial charge in [-0.1, -0.05) is 33.6 Å². The standard InChI is InChI=1S/C12H24N2O3/c1-4-5-6-9(13)11(15)17-12(16)10(14)7-8(2)3/h8-10H,4-7,13-14H2,1-3H3/t9-,10-/m0/s1. The summed E-state index contributed by atoms with van der Waals surface area (Å²) in [5, 5.41) is 0. The third-order valence-electron chi connectivity index (χ3n) is 2.40. The first-order valence-electron chi connectivity index (χ1n) is 6.15. The van der Waals surface area contributed by atoms with E-state index in [4.69, 9.17) is 11.5 Å². The fraction of sp³-hybridized carbons (Fsp3) is 0.833. The van der Waals surface area contributed by atoms with E-state index in [0.717, 1.165) is 12.8 Å². The molecule has 0 bridgehead atoms. The van der Waals surface area contributed by atoms with Crippen LogP contribution in [-0.4, -0.2) is 24.0 Å². The van der Waals surface area contributed by atoms with Gasteiger partial charge in [0.15, 0.2) is 0 Å². The molecule has 0 spiro atoms. The van der Waals surface area contributed by atoms with Crippen molar-refractivity contribution in [2.24, 2.45) is 17.4 Å². The topological polar surface area (TPSA) is 95.4 Å². The first kappa shape index (κ1) is 16.1. The van der Waals surface area contributed by atoms with Crippen LogP contribution in [0.1, 0.15) is 46.5 Å². The molecule has 5 heteroatoms. The quantitative estimate of drug-likeness (QED) is 0.513. The van der Waals surface area contributed by atoms with Gasteiger partial charge < -0.3 is 16.2 Å². The van der Waals surface area contributed by atoms with Gasteiger partial charge in [-0.05, 0) is 18.8 Å². The van der Waals surface area contributed by atoms with Gasteiger partial charge in [-0.25, -0.2) is 9.59 Å². The van der Waals surface area contributed by atoms with Gasteiger partial charge in [0.2, 0.25) is 0 Å². The van der Waals surface area contributed by atoms with Gasteiger partial charge in [0.25, 0.3) is 0 Å². The number of carbonyl (C=O) groups is 2. The van der Waals surface area contributed by atoms with Crippen LogP contribution >= 0.6 is 0 Å². The smallest absolute Gasteiger partial charge is 0.330 e. The van der Waals surface area contributed by atoms with Crippen LogP contribution in [0.2, 0.25) is 0 Å². The molecule has 0 fully saturated rings. The van der Waals surface area contributed by atoms with Crippen molar-refractivity contribution >= 4 is 11.9 Å². The fourth-order valence-corrected chi connectivity index (χ4v) is 1.40. The van der Waals surface area contributed by atoms with E-state index in [0.29, 0.717) is 12.8 Å². The number of hydrogen-bond donors (Lipinski definition) is 2. The number of nitrogens with two attached hydrogens (primary N) is 2. The van der Waals surface area contributed by atoms with Crippen molar-refractivity contribution in [1.29, 1.82) is 0 Å². The van der Waals surface area contributed by atoms with Crippen molar-refractivity contribution in [1.82, 2.24) is 0 Å². The Morgan fingerprint density at radius 2 is 1.65 bits per heavy atom. The third kappa shape index (κ3) is 7.07. The Labute approximate surface area is 103 Å². The van der Waals surface area contributed by atoms with Crippen LogP contribution < -0.4 is 11.5 Å². The molecule has 17 heavy (non-hydrogen) atoms. The number of ether oxygens (including phenoxy) is 1. The first-order chi connectivity index (χ1) is 7.88. The summed E-state index contributed by atoms with van der Waals surface area (Å²) in [6.45, 7) is 5.89. The maximum absolute atomic E-state index is 11.4. The van der Waals surface area contributed by atoms with E-state index in [2.05, 4.69) is 4.74 Å². The zero-order valence-corrected chi connectivity index (χ0v) is 10.9. The first-order valence-corrected chi connectivity index (χ1v) is 6.15. The van der Waals surface area contributed by atoms with Crippen molar-refractivity contribution in [3.63, 3.8) is 0 Å². The molecule has 0 radical (unpaired) electrons. The summed E-state index contributed by atoms with van der Waals surface area (Å²) in [6.07, 6.45) is 2.81. The van der Waals surface area contributed by atoms with Gasteiger partial charge in [0.05, 0.1) is 0 Å². The monoisotopic (exact) mass is 244 g/mol. The lowest BCUT2D eigenvalue weighted by Crippen LogP contribution is -2.40. The summed E-state index contributed by atoms with van der Waals surface area (Å²) in [4.78, 5) is 22.9. The molecule has 0 rings (SSSR count). The molecule has 0 unspecified atom stereocenters. The molecule has 0 aliphatic rings. The van der Waals surface area contributed by atoms with E-state index < -0.39 is 24.0 Å². The van der Waals surface area contributed by atoms with E-state index in [1.807, 2.05) is 20.8 Å². The average Bonchev–Trinajstić information content (AvgIpc) is 2.24. The van der Waals surface area contributed by atoms with E-state index in [-0.39, 0.29) is 5.92 Å². The zero-order chi connectivity index (χ0) is 13.4. The summed E-state index contributed by atoms with van der Waals surface area (Å²) < 4.78 is 4.64. The van der Waals surface area contributed by atoms with Crippen LogP contribution in [0.25, 0.3) is 0 Å². The maximum Gasteiger partial charge on any atom is 0.330 e. The second-order valence-electron chi connectivity index (χ2n) is 4.72. The number of unbranched alkanes of at least 4 members (excludes halogenated alkanes) is 1. The van der Waals surface area contributed by atoms with Crippen LogP contribution in [-0.2, 0) is 14.3 Å². The van der Waals surface area contributed by atoms with Gasteiger partial charge in [-0.15, -0.1) is 0 Å². The van der Waals surface area contributed by atoms with E-state index >= 15 is 0 Å². The lowest BCUT2D eigenvalue weighted by Gasteiger charge is -2.14. The molecule has 5 nitrogen and oxygen atoms in total. The third-order valence-corrected chi connectivity index (χ3v) is 2.40. The lowest BCUT2D eigenvalue weighted by molar-refractivity contribution is -0.161. The van der Waals surface area contributed by atoms with Gasteiger partial charge in [-0.2, -0.15) is 0 Å². The maximum atomic E-state index is 11.4. The van der Waals surface area contributed by atoms with Crippen molar-refractivity contribution in [3.8, 4) is 0 Å². The van der Waals surface area contributed by atoms with Crippen LogP contribution in [0.3, 0.4) is 0 Å². The molecule has 0 amide bonds. The predicted molar refractivity (Wildman–Crippen MR) is 66.0 cm³/mol. The molecule has 0 heterocycles. The summed E-state index contributed by atoms with van der Waals surface area (Å²) in [5.41, 5.74) is 11.2. The fourth-order valence-electron chi connectivity index (χ4n) is 1.40. The molecule has 0 saturated carbocycles. The minimum absolute atomic E-state index is 0.279. The largest absolute Gasteiger partial charge is 0.391 e. The highest BCUT2D eigenvalue weighted by Crippen LogP contribution is 2.06. The molecule has 0 aliphatic heterocycles. The van der Waals surface area contributed by atoms with Crippen molar-refractivity contribution in [2.75, 3.05) is 0 Å². The average molecular weight is 244 g/mol. The molecular weight excluding hydrogens is 220 g/mol. The Morgan fingerprint density at radius 3 is 2.12 bits per heavy atom. The van der Waals surface area contributed by atoms with E-state index in [9.17, 15) is 9.59 Å². The summed E-state index contributed by atoms with van der Waals surface area (Å²) >= 11 is 0. The molecular formula is C12H24N2O3. The van der Waals surface area contributed by atoms with Crippen molar-refractivity contribution in [3.05, 3.63) is 0 Å². The van der Waals surface area contributed by atoms with Gasteiger partial charge in [0.1, 0.15) is 12.1 Å². The summed E-state index contributed by atoms with van der Waals surface area (Å²) in [5.74, 6) is -1.08. The predicted octanol–water partition coefficient (Wildman–Crippen LogP) is 0.947. The van der Waals surface area contributed by atoms with Gasteiger partial charge in [0, 0.05) is 0 Å². The molecule has 0 saturated heterocycles. The highest BCUT2D eigenvalue weighted by Gasteiger charge is 2.23. The molecule has 4 N–H and O–H groups in total. The SMILES string of the molecule is CCCC[C@H](N)C(=O)OC(=O)[C@@H](N)CC(C)C.